The molecule has 16 heavy (non-hydrogen) atoms. The zero-order valence-corrected chi connectivity index (χ0v) is 10.9. The van der Waals surface area contributed by atoms with Crippen LogP contribution in [0.5, 0.6) is 0 Å². The third-order valence-electron chi connectivity index (χ3n) is 2.43. The standard InChI is InChI=1S/C12H22N2OS/c1-2-3-4-7-11-13-10-12(14-11)16-9-6-5-8-15/h10,15H,2-9H2,1H3,(H,13,14). The van der Waals surface area contributed by atoms with Crippen LogP contribution in [0.3, 0.4) is 0 Å². The summed E-state index contributed by atoms with van der Waals surface area (Å²) in [5.41, 5.74) is 0. The number of aromatic amines is 1. The SMILES string of the molecule is CCCCCc1nc(SCCCCO)c[nH]1. The van der Waals surface area contributed by atoms with Gasteiger partial charge in [-0.25, -0.2) is 4.98 Å². The molecule has 1 aromatic heterocycles. The summed E-state index contributed by atoms with van der Waals surface area (Å²) >= 11 is 1.77. The van der Waals surface area contributed by atoms with Gasteiger partial charge in [0.15, 0.2) is 0 Å². The lowest BCUT2D eigenvalue weighted by Crippen LogP contribution is -1.88. The fourth-order valence-electron chi connectivity index (χ4n) is 1.48. The second-order valence-corrected chi connectivity index (χ2v) is 5.04. The molecule has 3 nitrogen and oxygen atoms in total. The fourth-order valence-corrected chi connectivity index (χ4v) is 2.35. The summed E-state index contributed by atoms with van der Waals surface area (Å²) in [5.74, 6) is 2.15. The Labute approximate surface area is 102 Å². The maximum atomic E-state index is 8.66. The molecule has 0 aromatic carbocycles. The van der Waals surface area contributed by atoms with Crippen LogP contribution in [-0.2, 0) is 6.42 Å². The average molecular weight is 242 g/mol. The van der Waals surface area contributed by atoms with Gasteiger partial charge in [0.2, 0.25) is 0 Å². The van der Waals surface area contributed by atoms with Crippen LogP contribution in [0.25, 0.3) is 0 Å². The van der Waals surface area contributed by atoms with Crippen LogP contribution in [0.15, 0.2) is 11.2 Å². The highest BCUT2D eigenvalue weighted by molar-refractivity contribution is 7.99. The summed E-state index contributed by atoms with van der Waals surface area (Å²) in [4.78, 5) is 7.75. The van der Waals surface area contributed by atoms with E-state index >= 15 is 0 Å². The Balaban J connectivity index is 2.17. The zero-order valence-electron chi connectivity index (χ0n) is 10.0. The molecule has 1 heterocycles. The van der Waals surface area contributed by atoms with Gasteiger partial charge in [0.25, 0.3) is 0 Å². The van der Waals surface area contributed by atoms with E-state index in [4.69, 9.17) is 5.11 Å². The first-order valence-corrected chi connectivity index (χ1v) is 7.13. The summed E-state index contributed by atoms with van der Waals surface area (Å²) in [6, 6.07) is 0. The van der Waals surface area contributed by atoms with Gasteiger partial charge in [-0.2, -0.15) is 0 Å². The molecule has 1 rings (SSSR count). The van der Waals surface area contributed by atoms with E-state index in [0.717, 1.165) is 35.9 Å². The second-order valence-electron chi connectivity index (χ2n) is 3.92. The monoisotopic (exact) mass is 242 g/mol. The van der Waals surface area contributed by atoms with E-state index in [9.17, 15) is 0 Å². The summed E-state index contributed by atoms with van der Waals surface area (Å²) in [7, 11) is 0. The van der Waals surface area contributed by atoms with E-state index in [0.29, 0.717) is 6.61 Å². The van der Waals surface area contributed by atoms with Gasteiger partial charge in [-0.3, -0.25) is 0 Å². The number of thioether (sulfide) groups is 1. The predicted molar refractivity (Wildman–Crippen MR) is 68.9 cm³/mol. The number of aryl methyl sites for hydroxylation is 1. The van der Waals surface area contributed by atoms with Crippen molar-refractivity contribution >= 4 is 11.8 Å². The van der Waals surface area contributed by atoms with E-state index in [2.05, 4.69) is 16.9 Å². The Kier molecular flexibility index (Phi) is 7.34. The van der Waals surface area contributed by atoms with Crippen molar-refractivity contribution in [1.82, 2.24) is 9.97 Å². The summed E-state index contributed by atoms with van der Waals surface area (Å²) in [6.07, 6.45) is 8.75. The van der Waals surface area contributed by atoms with Crippen LogP contribution >= 0.6 is 11.8 Å². The highest BCUT2D eigenvalue weighted by atomic mass is 32.2. The molecule has 0 saturated heterocycles. The van der Waals surface area contributed by atoms with Crippen molar-refractivity contribution in [2.45, 2.75) is 50.5 Å². The van der Waals surface area contributed by atoms with E-state index < -0.39 is 0 Å². The van der Waals surface area contributed by atoms with Gasteiger partial charge in [0.05, 0.1) is 0 Å². The molecular formula is C12H22N2OS. The molecule has 4 heteroatoms. The molecular weight excluding hydrogens is 220 g/mol. The molecule has 0 aliphatic carbocycles. The van der Waals surface area contributed by atoms with E-state index in [1.807, 2.05) is 6.20 Å². The van der Waals surface area contributed by atoms with Crippen LogP contribution in [-0.4, -0.2) is 27.4 Å². The van der Waals surface area contributed by atoms with E-state index in [1.165, 1.54) is 19.3 Å². The minimum atomic E-state index is 0.295. The number of nitrogens with zero attached hydrogens (tertiary/aromatic N) is 1. The molecule has 0 amide bonds. The topological polar surface area (TPSA) is 48.9 Å². The Morgan fingerprint density at radius 3 is 2.94 bits per heavy atom. The van der Waals surface area contributed by atoms with E-state index in [1.54, 1.807) is 11.8 Å². The number of aromatic nitrogens is 2. The van der Waals surface area contributed by atoms with Crippen molar-refractivity contribution < 1.29 is 5.11 Å². The Morgan fingerprint density at radius 2 is 2.19 bits per heavy atom. The van der Waals surface area contributed by atoms with Crippen LogP contribution < -0.4 is 0 Å². The van der Waals surface area contributed by atoms with Crippen molar-refractivity contribution in [3.05, 3.63) is 12.0 Å². The Hall–Kier alpha value is -0.480. The summed E-state index contributed by atoms with van der Waals surface area (Å²) < 4.78 is 0. The average Bonchev–Trinajstić information content (AvgIpc) is 2.73. The van der Waals surface area contributed by atoms with Gasteiger partial charge in [-0.05, 0) is 25.0 Å². The van der Waals surface area contributed by atoms with Crippen LogP contribution in [0.4, 0.5) is 0 Å². The second kappa shape index (κ2) is 8.65. The molecule has 0 spiro atoms. The van der Waals surface area contributed by atoms with Crippen molar-refractivity contribution in [2.75, 3.05) is 12.4 Å². The highest BCUT2D eigenvalue weighted by Gasteiger charge is 2.01. The lowest BCUT2D eigenvalue weighted by Gasteiger charge is -1.96. The van der Waals surface area contributed by atoms with Gasteiger partial charge in [-0.1, -0.05) is 19.8 Å². The lowest BCUT2D eigenvalue weighted by molar-refractivity contribution is 0.287. The zero-order chi connectivity index (χ0) is 11.6. The maximum absolute atomic E-state index is 8.66. The molecule has 0 radical (unpaired) electrons. The third-order valence-corrected chi connectivity index (χ3v) is 3.42. The Bertz CT molecular complexity index is 276. The van der Waals surface area contributed by atoms with Gasteiger partial charge < -0.3 is 10.1 Å². The van der Waals surface area contributed by atoms with Crippen molar-refractivity contribution in [3.63, 3.8) is 0 Å². The first-order chi connectivity index (χ1) is 7.86. The van der Waals surface area contributed by atoms with Gasteiger partial charge >= 0.3 is 0 Å². The largest absolute Gasteiger partial charge is 0.396 e. The van der Waals surface area contributed by atoms with Crippen LogP contribution in [0.2, 0.25) is 0 Å². The smallest absolute Gasteiger partial charge is 0.114 e. The quantitative estimate of drug-likeness (QED) is 0.517. The minimum absolute atomic E-state index is 0.295. The van der Waals surface area contributed by atoms with E-state index in [-0.39, 0.29) is 0 Å². The number of aliphatic hydroxyl groups excluding tert-OH is 1. The molecule has 92 valence electrons. The summed E-state index contributed by atoms with van der Waals surface area (Å²) in [6.45, 7) is 2.51. The maximum Gasteiger partial charge on any atom is 0.114 e. The molecule has 0 bridgehead atoms. The van der Waals surface area contributed by atoms with Crippen molar-refractivity contribution in [1.29, 1.82) is 0 Å². The number of nitrogens with one attached hydrogen (secondary N) is 1. The molecule has 0 aliphatic rings. The molecule has 0 unspecified atom stereocenters. The molecule has 0 atom stereocenters. The predicted octanol–water partition coefficient (Wildman–Crippen LogP) is 3.01. The van der Waals surface area contributed by atoms with Crippen molar-refractivity contribution in [3.8, 4) is 0 Å². The number of hydrogen-bond acceptors (Lipinski definition) is 3. The normalized spacial score (nSPS) is 10.9. The molecule has 1 aromatic rings. The number of aliphatic hydroxyl groups is 1. The van der Waals surface area contributed by atoms with Gasteiger partial charge in [-0.15, -0.1) is 11.8 Å². The van der Waals surface area contributed by atoms with Gasteiger partial charge in [0, 0.05) is 19.2 Å². The fraction of sp³-hybridized carbons (Fsp3) is 0.750. The Morgan fingerprint density at radius 1 is 1.31 bits per heavy atom. The summed E-state index contributed by atoms with van der Waals surface area (Å²) in [5, 5.41) is 9.74. The third kappa shape index (κ3) is 5.56. The number of hydrogen-bond donors (Lipinski definition) is 2. The van der Waals surface area contributed by atoms with Crippen LogP contribution in [0, 0.1) is 0 Å². The number of rotatable bonds is 9. The van der Waals surface area contributed by atoms with Crippen LogP contribution in [0.1, 0.15) is 44.9 Å². The number of imidazole rings is 1. The first kappa shape index (κ1) is 13.6. The number of H-pyrrole nitrogens is 1. The molecule has 0 saturated carbocycles. The first-order valence-electron chi connectivity index (χ1n) is 6.14. The highest BCUT2D eigenvalue weighted by Crippen LogP contribution is 2.17. The molecule has 0 aliphatic heterocycles. The minimum Gasteiger partial charge on any atom is -0.396 e. The number of unbranched alkanes of at least 4 members (excludes halogenated alkanes) is 3. The lowest BCUT2D eigenvalue weighted by atomic mass is 10.2. The molecule has 2 N–H and O–H groups in total. The van der Waals surface area contributed by atoms with Crippen molar-refractivity contribution in [2.24, 2.45) is 0 Å². The van der Waals surface area contributed by atoms with Gasteiger partial charge in [0.1, 0.15) is 10.9 Å². The molecule has 0 fully saturated rings.